The summed E-state index contributed by atoms with van der Waals surface area (Å²) in [6.45, 7) is 1.06. The van der Waals surface area contributed by atoms with E-state index in [1.807, 2.05) is 36.4 Å². The molecule has 26 heavy (non-hydrogen) atoms. The zero-order valence-corrected chi connectivity index (χ0v) is 14.0. The van der Waals surface area contributed by atoms with Gasteiger partial charge in [0.2, 0.25) is 0 Å². The summed E-state index contributed by atoms with van der Waals surface area (Å²) >= 11 is 0. The van der Waals surface area contributed by atoms with Gasteiger partial charge in [-0.05, 0) is 34.9 Å². The molecule has 0 saturated heterocycles. The third-order valence-electron chi connectivity index (χ3n) is 4.61. The van der Waals surface area contributed by atoms with E-state index < -0.39 is 0 Å². The Balaban J connectivity index is 1.65. The van der Waals surface area contributed by atoms with Gasteiger partial charge in [0.15, 0.2) is 0 Å². The Kier molecular flexibility index (Phi) is 3.97. The van der Waals surface area contributed by atoms with Crippen LogP contribution in [-0.2, 0) is 13.1 Å². The van der Waals surface area contributed by atoms with Crippen molar-refractivity contribution in [3.05, 3.63) is 99.6 Å². The molecule has 0 spiro atoms. The molecule has 3 aromatic carbocycles. The van der Waals surface area contributed by atoms with E-state index in [9.17, 15) is 14.9 Å². The Morgan fingerprint density at radius 3 is 2.42 bits per heavy atom. The van der Waals surface area contributed by atoms with Crippen molar-refractivity contribution < 1.29 is 9.72 Å². The van der Waals surface area contributed by atoms with Gasteiger partial charge in [0.1, 0.15) is 0 Å². The third kappa shape index (κ3) is 2.84. The lowest BCUT2D eigenvalue weighted by Gasteiger charge is -2.15. The maximum Gasteiger partial charge on any atom is 0.277 e. The zero-order chi connectivity index (χ0) is 18.1. The largest absolute Gasteiger partial charge is 0.330 e. The Hall–Kier alpha value is -3.47. The van der Waals surface area contributed by atoms with Crippen LogP contribution in [0.25, 0.3) is 11.1 Å². The number of nitrogens with zero attached hydrogens (tertiary/aromatic N) is 2. The Bertz CT molecular complexity index is 999. The average Bonchev–Trinajstić information content (AvgIpc) is 2.97. The molecule has 0 N–H and O–H groups in total. The second-order valence-electron chi connectivity index (χ2n) is 6.29. The molecular weight excluding hydrogens is 328 g/mol. The van der Waals surface area contributed by atoms with Crippen LogP contribution in [0.3, 0.4) is 0 Å². The summed E-state index contributed by atoms with van der Waals surface area (Å²) in [5.41, 5.74) is 4.04. The number of benzene rings is 3. The van der Waals surface area contributed by atoms with Crippen molar-refractivity contribution in [3.8, 4) is 11.1 Å². The van der Waals surface area contributed by atoms with Crippen molar-refractivity contribution in [2.75, 3.05) is 0 Å². The maximum absolute atomic E-state index is 12.6. The van der Waals surface area contributed by atoms with E-state index in [1.54, 1.807) is 35.2 Å². The van der Waals surface area contributed by atoms with Crippen LogP contribution in [0.4, 0.5) is 5.69 Å². The van der Waals surface area contributed by atoms with Crippen molar-refractivity contribution in [2.24, 2.45) is 0 Å². The van der Waals surface area contributed by atoms with Gasteiger partial charge >= 0.3 is 0 Å². The molecule has 0 aromatic heterocycles. The normalized spacial score (nSPS) is 12.9. The van der Waals surface area contributed by atoms with E-state index in [-0.39, 0.29) is 16.5 Å². The number of hydrogen-bond donors (Lipinski definition) is 0. The summed E-state index contributed by atoms with van der Waals surface area (Å²) in [6, 6.07) is 22.0. The predicted octanol–water partition coefficient (Wildman–Crippen LogP) is 4.42. The highest BCUT2D eigenvalue weighted by atomic mass is 16.6. The van der Waals surface area contributed by atoms with Crippen molar-refractivity contribution in [1.82, 2.24) is 4.90 Å². The monoisotopic (exact) mass is 344 g/mol. The van der Waals surface area contributed by atoms with Crippen LogP contribution in [-0.4, -0.2) is 15.7 Å². The highest BCUT2D eigenvalue weighted by Gasteiger charge is 2.28. The Labute approximate surface area is 150 Å². The second-order valence-corrected chi connectivity index (χ2v) is 6.29. The van der Waals surface area contributed by atoms with Gasteiger partial charge in [-0.15, -0.1) is 0 Å². The Morgan fingerprint density at radius 1 is 0.923 bits per heavy atom. The summed E-state index contributed by atoms with van der Waals surface area (Å²) in [5, 5.41) is 11.3. The molecule has 1 aliphatic heterocycles. The first-order valence-corrected chi connectivity index (χ1v) is 8.33. The van der Waals surface area contributed by atoms with Gasteiger partial charge in [-0.1, -0.05) is 48.5 Å². The van der Waals surface area contributed by atoms with Crippen LogP contribution in [0.5, 0.6) is 0 Å². The number of fused-ring (bicyclic) bond motifs is 1. The molecule has 3 aromatic rings. The van der Waals surface area contributed by atoms with Crippen molar-refractivity contribution in [3.63, 3.8) is 0 Å². The fraction of sp³-hybridized carbons (Fsp3) is 0.0952. The third-order valence-corrected chi connectivity index (χ3v) is 4.61. The topological polar surface area (TPSA) is 63.4 Å². The highest BCUT2D eigenvalue weighted by molar-refractivity contribution is 5.99. The number of nitro benzene ring substituents is 1. The molecule has 4 rings (SSSR count). The molecule has 1 heterocycles. The lowest BCUT2D eigenvalue weighted by Crippen LogP contribution is -2.23. The minimum absolute atomic E-state index is 0.00188. The van der Waals surface area contributed by atoms with Crippen molar-refractivity contribution >= 4 is 11.6 Å². The van der Waals surface area contributed by atoms with E-state index in [1.165, 1.54) is 6.07 Å². The molecule has 1 aliphatic rings. The van der Waals surface area contributed by atoms with Crippen LogP contribution in [0.1, 0.15) is 21.5 Å². The predicted molar refractivity (Wildman–Crippen MR) is 98.6 cm³/mol. The first-order chi connectivity index (χ1) is 12.6. The van der Waals surface area contributed by atoms with Crippen LogP contribution >= 0.6 is 0 Å². The molecule has 0 atom stereocenters. The number of carbonyl (C=O) groups excluding carboxylic acids is 1. The molecule has 5 heteroatoms. The molecule has 0 saturated carbocycles. The smallest absolute Gasteiger partial charge is 0.277 e. The van der Waals surface area contributed by atoms with Gasteiger partial charge in [-0.2, -0.15) is 0 Å². The van der Waals surface area contributed by atoms with E-state index in [0.29, 0.717) is 24.2 Å². The number of amides is 1. The summed E-state index contributed by atoms with van der Waals surface area (Å²) in [7, 11) is 0. The molecule has 5 nitrogen and oxygen atoms in total. The lowest BCUT2D eigenvalue weighted by molar-refractivity contribution is -0.384. The zero-order valence-electron chi connectivity index (χ0n) is 14.0. The van der Waals surface area contributed by atoms with Crippen molar-refractivity contribution in [1.29, 1.82) is 0 Å². The molecule has 0 radical (unpaired) electrons. The number of hydrogen-bond acceptors (Lipinski definition) is 3. The first kappa shape index (κ1) is 16.0. The molecule has 0 fully saturated rings. The molecule has 128 valence electrons. The van der Waals surface area contributed by atoms with E-state index in [4.69, 9.17) is 0 Å². The average molecular weight is 344 g/mol. The standard InChI is InChI=1S/C21H16N2O3/c24-21-19-11-10-16(18-8-4-5-9-20(18)23(25)26)12-17(19)14-22(21)13-15-6-2-1-3-7-15/h1-12H,13-14H2. The summed E-state index contributed by atoms with van der Waals surface area (Å²) in [5.74, 6) is -0.00188. The second kappa shape index (κ2) is 6.44. The van der Waals surface area contributed by atoms with Gasteiger partial charge in [0.25, 0.3) is 11.6 Å². The number of para-hydroxylation sites is 1. The van der Waals surface area contributed by atoms with Gasteiger partial charge in [0.05, 0.1) is 10.5 Å². The quantitative estimate of drug-likeness (QED) is 0.520. The minimum atomic E-state index is -0.380. The van der Waals surface area contributed by atoms with Gasteiger partial charge < -0.3 is 4.90 Å². The fourth-order valence-electron chi connectivity index (χ4n) is 3.36. The maximum atomic E-state index is 12.6. The summed E-state index contributed by atoms with van der Waals surface area (Å²) < 4.78 is 0. The summed E-state index contributed by atoms with van der Waals surface area (Å²) in [4.78, 5) is 25.3. The van der Waals surface area contributed by atoms with Gasteiger partial charge in [0, 0.05) is 24.7 Å². The minimum Gasteiger partial charge on any atom is -0.330 e. The van der Waals surface area contributed by atoms with Crippen LogP contribution in [0, 0.1) is 10.1 Å². The fourth-order valence-corrected chi connectivity index (χ4v) is 3.36. The van der Waals surface area contributed by atoms with Crippen LogP contribution in [0.2, 0.25) is 0 Å². The lowest BCUT2D eigenvalue weighted by atomic mass is 9.99. The van der Waals surface area contributed by atoms with Crippen LogP contribution < -0.4 is 0 Å². The summed E-state index contributed by atoms with van der Waals surface area (Å²) in [6.07, 6.45) is 0. The highest BCUT2D eigenvalue weighted by Crippen LogP contribution is 2.33. The first-order valence-electron chi connectivity index (χ1n) is 8.33. The van der Waals surface area contributed by atoms with Gasteiger partial charge in [-0.25, -0.2) is 0 Å². The van der Waals surface area contributed by atoms with Crippen molar-refractivity contribution in [2.45, 2.75) is 13.1 Å². The SMILES string of the molecule is O=C1c2ccc(-c3ccccc3[N+](=O)[O-])cc2CN1Cc1ccccc1. The van der Waals surface area contributed by atoms with Crippen LogP contribution in [0.15, 0.2) is 72.8 Å². The number of rotatable bonds is 4. The number of carbonyl (C=O) groups is 1. The molecular formula is C21H16N2O3. The molecule has 1 amide bonds. The van der Waals surface area contributed by atoms with E-state index in [0.717, 1.165) is 16.7 Å². The molecule has 0 aliphatic carbocycles. The van der Waals surface area contributed by atoms with Gasteiger partial charge in [-0.3, -0.25) is 14.9 Å². The van der Waals surface area contributed by atoms with E-state index in [2.05, 4.69) is 0 Å². The molecule has 0 unspecified atom stereocenters. The number of nitro groups is 1. The molecule has 0 bridgehead atoms. The van der Waals surface area contributed by atoms with E-state index >= 15 is 0 Å². The Morgan fingerprint density at radius 2 is 1.65 bits per heavy atom.